The molecule has 26 heavy (non-hydrogen) atoms. The normalized spacial score (nSPS) is 13.8. The summed E-state index contributed by atoms with van der Waals surface area (Å²) < 4.78 is 33.8. The quantitative estimate of drug-likeness (QED) is 0.586. The SMILES string of the molecule is COc1ccc(-n2c(SCc3ccc(F)c(F)c3)nnc2C2CC2)cc1. The number of hydrogen-bond donors (Lipinski definition) is 0. The molecule has 0 saturated heterocycles. The first kappa shape index (κ1) is 17.0. The summed E-state index contributed by atoms with van der Waals surface area (Å²) in [5, 5.41) is 9.43. The molecule has 0 amide bonds. The number of thioether (sulfide) groups is 1. The summed E-state index contributed by atoms with van der Waals surface area (Å²) in [7, 11) is 1.63. The minimum absolute atomic E-state index is 0.433. The topological polar surface area (TPSA) is 39.9 Å². The Morgan fingerprint density at radius 3 is 2.50 bits per heavy atom. The smallest absolute Gasteiger partial charge is 0.196 e. The van der Waals surface area contributed by atoms with Gasteiger partial charge in [-0.3, -0.25) is 4.57 Å². The van der Waals surface area contributed by atoms with Crippen molar-refractivity contribution in [2.24, 2.45) is 0 Å². The summed E-state index contributed by atoms with van der Waals surface area (Å²) in [5.41, 5.74) is 1.66. The van der Waals surface area contributed by atoms with Crippen molar-refractivity contribution in [2.45, 2.75) is 29.7 Å². The third kappa shape index (κ3) is 3.44. The first-order valence-corrected chi connectivity index (χ1v) is 9.30. The van der Waals surface area contributed by atoms with Gasteiger partial charge < -0.3 is 4.74 Å². The number of halogens is 2. The zero-order valence-corrected chi connectivity index (χ0v) is 15.0. The fraction of sp³-hybridized carbons (Fsp3) is 0.263. The molecule has 134 valence electrons. The summed E-state index contributed by atoms with van der Waals surface area (Å²) in [5.74, 6) is 0.974. The van der Waals surface area contributed by atoms with E-state index in [-0.39, 0.29) is 0 Å². The van der Waals surface area contributed by atoms with E-state index in [1.54, 1.807) is 13.2 Å². The van der Waals surface area contributed by atoms with E-state index in [0.717, 1.165) is 41.3 Å². The molecule has 0 aliphatic heterocycles. The van der Waals surface area contributed by atoms with Gasteiger partial charge in [-0.25, -0.2) is 8.78 Å². The molecule has 0 spiro atoms. The second-order valence-electron chi connectivity index (χ2n) is 6.19. The Labute approximate surface area is 154 Å². The Kier molecular flexibility index (Phi) is 4.63. The van der Waals surface area contributed by atoms with Gasteiger partial charge in [0.1, 0.15) is 11.6 Å². The van der Waals surface area contributed by atoms with Crippen LogP contribution in [-0.4, -0.2) is 21.9 Å². The summed E-state index contributed by atoms with van der Waals surface area (Å²) >= 11 is 1.45. The van der Waals surface area contributed by atoms with Gasteiger partial charge in [0.25, 0.3) is 0 Å². The first-order chi connectivity index (χ1) is 12.7. The van der Waals surface area contributed by atoms with Crippen LogP contribution in [0, 0.1) is 11.6 Å². The predicted molar refractivity (Wildman–Crippen MR) is 95.8 cm³/mol. The Morgan fingerprint density at radius 1 is 1.08 bits per heavy atom. The largest absolute Gasteiger partial charge is 0.497 e. The molecule has 1 aromatic heterocycles. The maximum absolute atomic E-state index is 13.4. The maximum atomic E-state index is 13.4. The van der Waals surface area contributed by atoms with Crippen LogP contribution in [0.25, 0.3) is 5.69 Å². The molecule has 0 N–H and O–H groups in total. The number of benzene rings is 2. The number of rotatable bonds is 6. The van der Waals surface area contributed by atoms with Crippen molar-refractivity contribution in [1.29, 1.82) is 0 Å². The van der Waals surface area contributed by atoms with Crippen LogP contribution < -0.4 is 4.74 Å². The molecule has 0 radical (unpaired) electrons. The van der Waals surface area contributed by atoms with Crippen LogP contribution in [0.1, 0.15) is 30.1 Å². The molecular formula is C19H17F2N3OS. The van der Waals surface area contributed by atoms with Crippen LogP contribution in [0.4, 0.5) is 8.78 Å². The molecule has 7 heteroatoms. The molecule has 1 saturated carbocycles. The second-order valence-corrected chi connectivity index (χ2v) is 7.13. The average Bonchev–Trinajstić information content (AvgIpc) is 3.42. The summed E-state index contributed by atoms with van der Waals surface area (Å²) in [6.45, 7) is 0. The number of hydrogen-bond acceptors (Lipinski definition) is 4. The van der Waals surface area contributed by atoms with E-state index in [2.05, 4.69) is 10.2 Å². The minimum atomic E-state index is -0.837. The lowest BCUT2D eigenvalue weighted by molar-refractivity contribution is 0.414. The van der Waals surface area contributed by atoms with Crippen molar-refractivity contribution in [3.8, 4) is 11.4 Å². The Hall–Kier alpha value is -2.41. The molecule has 0 bridgehead atoms. The molecule has 3 aromatic rings. The van der Waals surface area contributed by atoms with Crippen molar-refractivity contribution in [1.82, 2.24) is 14.8 Å². The molecule has 0 atom stereocenters. The molecule has 0 unspecified atom stereocenters. The van der Waals surface area contributed by atoms with Crippen LogP contribution in [0.3, 0.4) is 0 Å². The molecule has 1 aliphatic carbocycles. The van der Waals surface area contributed by atoms with Gasteiger partial charge in [0, 0.05) is 17.4 Å². The van der Waals surface area contributed by atoms with E-state index in [9.17, 15) is 8.78 Å². The van der Waals surface area contributed by atoms with Crippen molar-refractivity contribution in [3.63, 3.8) is 0 Å². The lowest BCUT2D eigenvalue weighted by atomic mass is 10.2. The molecule has 1 aliphatic rings. The number of aromatic nitrogens is 3. The second kappa shape index (κ2) is 7.07. The van der Waals surface area contributed by atoms with Gasteiger partial charge in [-0.05, 0) is 54.8 Å². The maximum Gasteiger partial charge on any atom is 0.196 e. The van der Waals surface area contributed by atoms with Gasteiger partial charge in [0.2, 0.25) is 0 Å². The summed E-state index contributed by atoms with van der Waals surface area (Å²) in [6.07, 6.45) is 2.23. The van der Waals surface area contributed by atoms with Crippen LogP contribution in [0.5, 0.6) is 5.75 Å². The summed E-state index contributed by atoms with van der Waals surface area (Å²) in [4.78, 5) is 0. The van der Waals surface area contributed by atoms with E-state index >= 15 is 0 Å². The third-order valence-electron chi connectivity index (χ3n) is 4.28. The van der Waals surface area contributed by atoms with Gasteiger partial charge in [0.15, 0.2) is 16.8 Å². The highest BCUT2D eigenvalue weighted by Gasteiger charge is 2.31. The first-order valence-electron chi connectivity index (χ1n) is 8.32. The van der Waals surface area contributed by atoms with Crippen molar-refractivity contribution < 1.29 is 13.5 Å². The molecule has 2 aromatic carbocycles. The van der Waals surface area contributed by atoms with Crippen LogP contribution >= 0.6 is 11.8 Å². The van der Waals surface area contributed by atoms with E-state index in [1.807, 2.05) is 28.8 Å². The predicted octanol–water partition coefficient (Wildman–Crippen LogP) is 4.72. The van der Waals surface area contributed by atoms with Gasteiger partial charge in [-0.1, -0.05) is 17.8 Å². The highest BCUT2D eigenvalue weighted by molar-refractivity contribution is 7.98. The van der Waals surface area contributed by atoms with Gasteiger partial charge in [-0.15, -0.1) is 10.2 Å². The van der Waals surface area contributed by atoms with E-state index in [1.165, 1.54) is 17.8 Å². The van der Waals surface area contributed by atoms with Gasteiger partial charge >= 0.3 is 0 Å². The minimum Gasteiger partial charge on any atom is -0.497 e. The molecule has 1 fully saturated rings. The fourth-order valence-electron chi connectivity index (χ4n) is 2.73. The lowest BCUT2D eigenvalue weighted by Crippen LogP contribution is -2.02. The Morgan fingerprint density at radius 2 is 1.85 bits per heavy atom. The average molecular weight is 373 g/mol. The molecule has 4 rings (SSSR count). The summed E-state index contributed by atoms with van der Waals surface area (Å²) in [6, 6.07) is 11.7. The highest BCUT2D eigenvalue weighted by atomic mass is 32.2. The molecule has 4 nitrogen and oxygen atoms in total. The third-order valence-corrected chi connectivity index (χ3v) is 5.28. The highest BCUT2D eigenvalue weighted by Crippen LogP contribution is 2.41. The van der Waals surface area contributed by atoms with Crippen molar-refractivity contribution >= 4 is 11.8 Å². The number of methoxy groups -OCH3 is 1. The zero-order chi connectivity index (χ0) is 18.1. The van der Waals surface area contributed by atoms with Crippen molar-refractivity contribution in [3.05, 3.63) is 65.5 Å². The monoisotopic (exact) mass is 373 g/mol. The number of ether oxygens (including phenoxy) is 1. The van der Waals surface area contributed by atoms with E-state index in [0.29, 0.717) is 17.2 Å². The van der Waals surface area contributed by atoms with Crippen LogP contribution in [0.2, 0.25) is 0 Å². The van der Waals surface area contributed by atoms with Crippen LogP contribution in [0.15, 0.2) is 47.6 Å². The Bertz CT molecular complexity index is 923. The van der Waals surface area contributed by atoms with Gasteiger partial charge in [0.05, 0.1) is 7.11 Å². The van der Waals surface area contributed by atoms with E-state index < -0.39 is 11.6 Å². The Balaban J connectivity index is 1.62. The molecule has 1 heterocycles. The van der Waals surface area contributed by atoms with E-state index in [4.69, 9.17) is 4.74 Å². The molecular weight excluding hydrogens is 356 g/mol. The van der Waals surface area contributed by atoms with Gasteiger partial charge in [-0.2, -0.15) is 0 Å². The fourth-order valence-corrected chi connectivity index (χ4v) is 3.63. The number of nitrogens with zero attached hydrogens (tertiary/aromatic N) is 3. The lowest BCUT2D eigenvalue weighted by Gasteiger charge is -2.10. The standard InChI is InChI=1S/C19H17F2N3OS/c1-25-15-7-5-14(6-8-15)24-18(13-3-4-13)22-23-19(24)26-11-12-2-9-16(20)17(21)10-12/h2,5-10,13H,3-4,11H2,1H3. The zero-order valence-electron chi connectivity index (χ0n) is 14.2. The van der Waals surface area contributed by atoms with Crippen molar-refractivity contribution in [2.75, 3.05) is 7.11 Å². The van der Waals surface area contributed by atoms with Crippen LogP contribution in [-0.2, 0) is 5.75 Å².